The Bertz CT molecular complexity index is 776. The molecule has 0 spiro atoms. The topological polar surface area (TPSA) is 58.6 Å². The summed E-state index contributed by atoms with van der Waals surface area (Å²) in [4.78, 5) is 25.9. The van der Waals surface area contributed by atoms with E-state index in [0.29, 0.717) is 22.9 Å². The zero-order valence-corrected chi connectivity index (χ0v) is 14.6. The lowest BCUT2D eigenvalue weighted by Crippen LogP contribution is -2.30. The van der Waals surface area contributed by atoms with Crippen LogP contribution in [-0.4, -0.2) is 24.5 Å². The SMILES string of the molecule is C[C@@H](Oc1cccc(N2CCCC2=O)c1)C(=O)Nc1ccc(Cl)cc1. The molecule has 0 radical (unpaired) electrons. The number of rotatable bonds is 5. The fourth-order valence-electron chi connectivity index (χ4n) is 2.68. The molecule has 0 unspecified atom stereocenters. The van der Waals surface area contributed by atoms with Crippen LogP contribution in [0.4, 0.5) is 11.4 Å². The molecule has 0 aromatic heterocycles. The highest BCUT2D eigenvalue weighted by Gasteiger charge is 2.22. The van der Waals surface area contributed by atoms with Crippen LogP contribution in [0.15, 0.2) is 48.5 Å². The molecule has 130 valence electrons. The van der Waals surface area contributed by atoms with Gasteiger partial charge < -0.3 is 15.0 Å². The highest BCUT2D eigenvalue weighted by Crippen LogP contribution is 2.26. The first-order valence-electron chi connectivity index (χ1n) is 8.16. The van der Waals surface area contributed by atoms with E-state index in [-0.39, 0.29) is 11.8 Å². The molecule has 2 amide bonds. The third-order valence-electron chi connectivity index (χ3n) is 4.00. The number of anilines is 2. The Morgan fingerprint density at radius 2 is 2.00 bits per heavy atom. The molecule has 2 aromatic carbocycles. The summed E-state index contributed by atoms with van der Waals surface area (Å²) in [6, 6.07) is 14.1. The number of nitrogens with one attached hydrogen (secondary N) is 1. The summed E-state index contributed by atoms with van der Waals surface area (Å²) >= 11 is 5.83. The first-order chi connectivity index (χ1) is 12.0. The van der Waals surface area contributed by atoms with Gasteiger partial charge in [-0.1, -0.05) is 17.7 Å². The first kappa shape index (κ1) is 17.3. The smallest absolute Gasteiger partial charge is 0.265 e. The van der Waals surface area contributed by atoms with Gasteiger partial charge in [0.1, 0.15) is 5.75 Å². The lowest BCUT2D eigenvalue weighted by Gasteiger charge is -2.19. The van der Waals surface area contributed by atoms with Gasteiger partial charge in [0.2, 0.25) is 5.91 Å². The lowest BCUT2D eigenvalue weighted by molar-refractivity contribution is -0.122. The minimum absolute atomic E-state index is 0.116. The van der Waals surface area contributed by atoms with Crippen molar-refractivity contribution in [2.24, 2.45) is 0 Å². The standard InChI is InChI=1S/C19H19ClN2O3/c1-13(19(24)21-15-9-7-14(20)8-10-15)25-17-5-2-4-16(12-17)22-11-3-6-18(22)23/h2,4-5,7-10,12-13H,3,6,11H2,1H3,(H,21,24)/t13-/m1/s1. The molecule has 1 heterocycles. The third kappa shape index (κ3) is 4.31. The van der Waals surface area contributed by atoms with Gasteiger partial charge in [0.25, 0.3) is 5.91 Å². The number of hydrogen-bond donors (Lipinski definition) is 1. The number of benzene rings is 2. The Balaban J connectivity index is 1.64. The summed E-state index contributed by atoms with van der Waals surface area (Å²) < 4.78 is 5.73. The van der Waals surface area contributed by atoms with Gasteiger partial charge in [0, 0.05) is 35.4 Å². The number of carbonyl (C=O) groups excluding carboxylic acids is 2. The van der Waals surface area contributed by atoms with Crippen LogP contribution in [0.2, 0.25) is 5.02 Å². The average Bonchev–Trinajstić information content (AvgIpc) is 3.03. The molecule has 0 aliphatic carbocycles. The van der Waals surface area contributed by atoms with E-state index in [9.17, 15) is 9.59 Å². The largest absolute Gasteiger partial charge is 0.481 e. The molecular formula is C19H19ClN2O3. The molecule has 0 saturated carbocycles. The monoisotopic (exact) mass is 358 g/mol. The Labute approximate surface area is 151 Å². The maximum atomic E-state index is 12.3. The van der Waals surface area contributed by atoms with Gasteiger partial charge in [0.15, 0.2) is 6.10 Å². The van der Waals surface area contributed by atoms with Crippen molar-refractivity contribution < 1.29 is 14.3 Å². The van der Waals surface area contributed by atoms with Crippen molar-refractivity contribution >= 4 is 34.8 Å². The minimum Gasteiger partial charge on any atom is -0.481 e. The lowest BCUT2D eigenvalue weighted by atomic mass is 10.2. The molecule has 1 aliphatic heterocycles. The second-order valence-corrected chi connectivity index (χ2v) is 6.34. The van der Waals surface area contributed by atoms with Gasteiger partial charge >= 0.3 is 0 Å². The fourth-order valence-corrected chi connectivity index (χ4v) is 2.81. The van der Waals surface area contributed by atoms with Gasteiger partial charge in [-0.2, -0.15) is 0 Å². The molecule has 1 atom stereocenters. The Hall–Kier alpha value is -2.53. The van der Waals surface area contributed by atoms with Crippen molar-refractivity contribution in [2.75, 3.05) is 16.8 Å². The summed E-state index contributed by atoms with van der Waals surface area (Å²) in [5.41, 5.74) is 1.45. The van der Waals surface area contributed by atoms with Gasteiger partial charge in [-0.05, 0) is 49.7 Å². The Morgan fingerprint density at radius 1 is 1.24 bits per heavy atom. The molecule has 0 bridgehead atoms. The summed E-state index contributed by atoms with van der Waals surface area (Å²) in [5.74, 6) is 0.409. The predicted molar refractivity (Wildman–Crippen MR) is 98.2 cm³/mol. The fraction of sp³-hybridized carbons (Fsp3) is 0.263. The number of ether oxygens (including phenoxy) is 1. The van der Waals surface area contributed by atoms with Gasteiger partial charge in [-0.3, -0.25) is 9.59 Å². The molecule has 3 rings (SSSR count). The maximum Gasteiger partial charge on any atom is 0.265 e. The zero-order valence-electron chi connectivity index (χ0n) is 13.9. The number of carbonyl (C=O) groups is 2. The van der Waals surface area contributed by atoms with Crippen molar-refractivity contribution in [3.05, 3.63) is 53.6 Å². The Morgan fingerprint density at radius 3 is 2.68 bits per heavy atom. The van der Waals surface area contributed by atoms with E-state index in [2.05, 4.69) is 5.32 Å². The van der Waals surface area contributed by atoms with E-state index in [1.807, 2.05) is 12.1 Å². The molecule has 1 saturated heterocycles. The second-order valence-electron chi connectivity index (χ2n) is 5.90. The van der Waals surface area contributed by atoms with Crippen LogP contribution in [-0.2, 0) is 9.59 Å². The molecule has 1 fully saturated rings. The van der Waals surface area contributed by atoms with Crippen LogP contribution in [0.5, 0.6) is 5.75 Å². The third-order valence-corrected chi connectivity index (χ3v) is 4.25. The quantitative estimate of drug-likeness (QED) is 0.882. The number of halogens is 1. The minimum atomic E-state index is -0.680. The molecule has 1 aliphatic rings. The molecular weight excluding hydrogens is 340 g/mol. The number of amides is 2. The number of nitrogens with zero attached hydrogens (tertiary/aromatic N) is 1. The highest BCUT2D eigenvalue weighted by molar-refractivity contribution is 6.30. The van der Waals surface area contributed by atoms with E-state index in [0.717, 1.165) is 18.7 Å². The van der Waals surface area contributed by atoms with Crippen LogP contribution in [0.1, 0.15) is 19.8 Å². The molecule has 5 nitrogen and oxygen atoms in total. The first-order valence-corrected chi connectivity index (χ1v) is 8.54. The van der Waals surface area contributed by atoms with Gasteiger partial charge in [-0.25, -0.2) is 0 Å². The number of hydrogen-bond acceptors (Lipinski definition) is 3. The normalized spacial score (nSPS) is 15.1. The van der Waals surface area contributed by atoms with Crippen molar-refractivity contribution in [1.29, 1.82) is 0 Å². The molecule has 6 heteroatoms. The predicted octanol–water partition coefficient (Wildman–Crippen LogP) is 3.87. The van der Waals surface area contributed by atoms with Crippen LogP contribution in [0.3, 0.4) is 0 Å². The summed E-state index contributed by atoms with van der Waals surface area (Å²) in [6.45, 7) is 2.40. The van der Waals surface area contributed by atoms with Crippen LogP contribution in [0, 0.1) is 0 Å². The maximum absolute atomic E-state index is 12.3. The van der Waals surface area contributed by atoms with Crippen molar-refractivity contribution in [1.82, 2.24) is 0 Å². The van der Waals surface area contributed by atoms with E-state index in [1.165, 1.54) is 0 Å². The van der Waals surface area contributed by atoms with E-state index in [1.54, 1.807) is 48.2 Å². The summed E-state index contributed by atoms with van der Waals surface area (Å²) in [5, 5.41) is 3.39. The van der Waals surface area contributed by atoms with Crippen molar-refractivity contribution in [3.8, 4) is 5.75 Å². The molecule has 1 N–H and O–H groups in total. The van der Waals surface area contributed by atoms with E-state index < -0.39 is 6.10 Å². The van der Waals surface area contributed by atoms with Crippen LogP contribution in [0.25, 0.3) is 0 Å². The van der Waals surface area contributed by atoms with Gasteiger partial charge in [-0.15, -0.1) is 0 Å². The zero-order chi connectivity index (χ0) is 17.8. The summed E-state index contributed by atoms with van der Waals surface area (Å²) in [7, 11) is 0. The molecule has 2 aromatic rings. The summed E-state index contributed by atoms with van der Waals surface area (Å²) in [6.07, 6.45) is 0.759. The van der Waals surface area contributed by atoms with Crippen molar-refractivity contribution in [3.63, 3.8) is 0 Å². The van der Waals surface area contributed by atoms with Crippen LogP contribution >= 0.6 is 11.6 Å². The average molecular weight is 359 g/mol. The van der Waals surface area contributed by atoms with Gasteiger partial charge in [0.05, 0.1) is 0 Å². The van der Waals surface area contributed by atoms with Crippen molar-refractivity contribution in [2.45, 2.75) is 25.9 Å². The highest BCUT2D eigenvalue weighted by atomic mass is 35.5. The van der Waals surface area contributed by atoms with E-state index >= 15 is 0 Å². The van der Waals surface area contributed by atoms with Crippen LogP contribution < -0.4 is 15.0 Å². The second kappa shape index (κ2) is 7.57. The molecule has 25 heavy (non-hydrogen) atoms. The Kier molecular flexibility index (Phi) is 5.24. The van der Waals surface area contributed by atoms with E-state index in [4.69, 9.17) is 16.3 Å².